The van der Waals surface area contributed by atoms with E-state index in [-0.39, 0.29) is 30.1 Å². The van der Waals surface area contributed by atoms with Gasteiger partial charge in [0.05, 0.1) is 17.7 Å². The molecule has 3 rings (SSSR count). The Hall–Kier alpha value is -2.56. The number of benzene rings is 2. The van der Waals surface area contributed by atoms with Gasteiger partial charge in [-0.15, -0.1) is 0 Å². The van der Waals surface area contributed by atoms with Crippen molar-refractivity contribution in [3.05, 3.63) is 70.5 Å². The quantitative estimate of drug-likeness (QED) is 0.570. The average molecular weight is 450 g/mol. The lowest BCUT2D eigenvalue weighted by atomic mass is 10.0. The topological polar surface area (TPSA) is 32.7 Å². The summed E-state index contributed by atoms with van der Waals surface area (Å²) in [5, 5.41) is 0.148. The molecule has 0 fully saturated rings. The summed E-state index contributed by atoms with van der Waals surface area (Å²) in [7, 11) is 0. The maximum absolute atomic E-state index is 13.3. The lowest BCUT2D eigenvalue weighted by molar-refractivity contribution is -0.143. The Morgan fingerprint density at radius 1 is 1.00 bits per heavy atom. The summed E-state index contributed by atoms with van der Waals surface area (Å²) in [6.45, 7) is 0.171. The molecular formula is C19H13F7N2OS. The van der Waals surface area contributed by atoms with Crippen molar-refractivity contribution in [1.29, 1.82) is 0 Å². The highest BCUT2D eigenvalue weighted by atomic mass is 32.2. The summed E-state index contributed by atoms with van der Waals surface area (Å²) < 4.78 is 91.5. The third-order valence-electron chi connectivity index (χ3n) is 4.14. The van der Waals surface area contributed by atoms with Crippen LogP contribution >= 0.6 is 11.8 Å². The van der Waals surface area contributed by atoms with E-state index in [9.17, 15) is 35.5 Å². The van der Waals surface area contributed by atoms with E-state index < -0.39 is 40.8 Å². The van der Waals surface area contributed by atoms with Crippen molar-refractivity contribution in [2.45, 2.75) is 18.1 Å². The minimum atomic E-state index is -5.05. The molecular weight excluding hydrogens is 437 g/mol. The van der Waals surface area contributed by atoms with Gasteiger partial charge in [-0.25, -0.2) is 4.39 Å². The zero-order chi connectivity index (χ0) is 22.1. The van der Waals surface area contributed by atoms with Crippen molar-refractivity contribution in [3.8, 4) is 0 Å². The molecule has 0 atom stereocenters. The number of alkyl halides is 6. The van der Waals surface area contributed by atoms with Gasteiger partial charge in [0, 0.05) is 17.9 Å². The summed E-state index contributed by atoms with van der Waals surface area (Å²) in [6.07, 6.45) is -10.1. The van der Waals surface area contributed by atoms with E-state index in [2.05, 4.69) is 4.99 Å². The highest BCUT2D eigenvalue weighted by Crippen LogP contribution is 2.37. The normalized spacial score (nSPS) is 14.8. The van der Waals surface area contributed by atoms with Crippen molar-refractivity contribution in [1.82, 2.24) is 4.90 Å². The van der Waals surface area contributed by atoms with Crippen LogP contribution in [0.3, 0.4) is 0 Å². The Morgan fingerprint density at radius 2 is 1.63 bits per heavy atom. The summed E-state index contributed by atoms with van der Waals surface area (Å²) in [5.41, 5.74) is -3.28. The molecule has 0 spiro atoms. The van der Waals surface area contributed by atoms with E-state index in [1.165, 1.54) is 18.2 Å². The van der Waals surface area contributed by atoms with E-state index >= 15 is 0 Å². The van der Waals surface area contributed by atoms with Gasteiger partial charge >= 0.3 is 12.4 Å². The average Bonchev–Trinajstić information content (AvgIpc) is 3.12. The molecule has 2 aromatic carbocycles. The van der Waals surface area contributed by atoms with Crippen LogP contribution in [0.5, 0.6) is 0 Å². The van der Waals surface area contributed by atoms with Crippen molar-refractivity contribution in [2.75, 3.05) is 13.1 Å². The smallest absolute Gasteiger partial charge is 0.286 e. The van der Waals surface area contributed by atoms with Gasteiger partial charge in [-0.05, 0) is 35.9 Å². The predicted octanol–water partition coefficient (Wildman–Crippen LogP) is 5.61. The molecule has 0 saturated heterocycles. The van der Waals surface area contributed by atoms with Crippen molar-refractivity contribution in [2.24, 2.45) is 4.99 Å². The van der Waals surface area contributed by atoms with Crippen LogP contribution < -0.4 is 0 Å². The predicted molar refractivity (Wildman–Crippen MR) is 97.5 cm³/mol. The van der Waals surface area contributed by atoms with Gasteiger partial charge in [-0.2, -0.15) is 26.3 Å². The van der Waals surface area contributed by atoms with Gasteiger partial charge in [0.25, 0.3) is 5.91 Å². The number of amidine groups is 1. The summed E-state index contributed by atoms with van der Waals surface area (Å²) in [4.78, 5) is 17.8. The minimum Gasteiger partial charge on any atom is -0.286 e. The maximum Gasteiger partial charge on any atom is 0.416 e. The number of amides is 1. The molecule has 1 aliphatic heterocycles. The number of thioether (sulfide) groups is 1. The molecule has 0 radical (unpaired) electrons. The molecule has 1 heterocycles. The first-order valence-corrected chi connectivity index (χ1v) is 9.47. The van der Waals surface area contributed by atoms with Gasteiger partial charge in [-0.1, -0.05) is 23.9 Å². The number of rotatable bonds is 3. The van der Waals surface area contributed by atoms with Crippen molar-refractivity contribution < 1.29 is 35.5 Å². The molecule has 2 aromatic rings. The molecule has 30 heavy (non-hydrogen) atoms. The highest BCUT2D eigenvalue weighted by Gasteiger charge is 2.38. The molecule has 0 saturated carbocycles. The van der Waals surface area contributed by atoms with Crippen LogP contribution in [-0.2, 0) is 18.1 Å². The van der Waals surface area contributed by atoms with Crippen molar-refractivity contribution >= 4 is 22.8 Å². The molecule has 3 nitrogen and oxygen atoms in total. The fourth-order valence-electron chi connectivity index (χ4n) is 2.75. The molecule has 0 aromatic heterocycles. The first kappa shape index (κ1) is 22.1. The zero-order valence-corrected chi connectivity index (χ0v) is 15.8. The number of carbonyl (C=O) groups excluding carboxylic acids is 1. The van der Waals surface area contributed by atoms with Crippen LogP contribution in [0.1, 0.15) is 27.0 Å². The minimum absolute atomic E-state index is 0.0158. The molecule has 1 amide bonds. The third kappa shape index (κ3) is 5.13. The van der Waals surface area contributed by atoms with E-state index in [1.54, 1.807) is 6.07 Å². The highest BCUT2D eigenvalue weighted by molar-refractivity contribution is 8.13. The number of halogens is 7. The molecule has 0 N–H and O–H groups in total. The molecule has 0 bridgehead atoms. The van der Waals surface area contributed by atoms with Crippen LogP contribution in [0.25, 0.3) is 0 Å². The van der Waals surface area contributed by atoms with Gasteiger partial charge < -0.3 is 0 Å². The Bertz CT molecular complexity index is 953. The summed E-state index contributed by atoms with van der Waals surface area (Å²) in [5.74, 6) is -1.26. The van der Waals surface area contributed by atoms with E-state index in [0.717, 1.165) is 16.7 Å². The fourth-order valence-corrected chi connectivity index (χ4v) is 3.74. The Kier molecular flexibility index (Phi) is 6.11. The fraction of sp³-hybridized carbons (Fsp3) is 0.263. The number of aliphatic imine (C=N–C) groups is 1. The summed E-state index contributed by atoms with van der Waals surface area (Å²) in [6, 6.07) is 6.41. The first-order chi connectivity index (χ1) is 13.9. The van der Waals surface area contributed by atoms with Gasteiger partial charge in [0.2, 0.25) is 0 Å². The third-order valence-corrected chi connectivity index (χ3v) is 5.22. The first-order valence-electron chi connectivity index (χ1n) is 8.48. The molecule has 1 aliphatic rings. The number of hydrogen-bond acceptors (Lipinski definition) is 3. The van der Waals surface area contributed by atoms with Crippen LogP contribution in [-0.4, -0.2) is 29.1 Å². The summed E-state index contributed by atoms with van der Waals surface area (Å²) >= 11 is 1.04. The van der Waals surface area contributed by atoms with Gasteiger partial charge in [0.15, 0.2) is 5.17 Å². The monoisotopic (exact) mass is 450 g/mol. The molecule has 0 unspecified atom stereocenters. The van der Waals surface area contributed by atoms with E-state index in [0.29, 0.717) is 17.7 Å². The van der Waals surface area contributed by atoms with Crippen molar-refractivity contribution in [3.63, 3.8) is 0 Å². The van der Waals surface area contributed by atoms with Crippen LogP contribution in [0, 0.1) is 5.82 Å². The van der Waals surface area contributed by atoms with Crippen LogP contribution in [0.15, 0.2) is 47.5 Å². The van der Waals surface area contributed by atoms with E-state index in [4.69, 9.17) is 0 Å². The Balaban J connectivity index is 1.85. The lowest BCUT2D eigenvalue weighted by Gasteiger charge is -2.20. The maximum atomic E-state index is 13.3. The second-order valence-corrected chi connectivity index (χ2v) is 7.28. The number of hydrogen-bond donors (Lipinski definition) is 0. The number of nitrogens with zero attached hydrogens (tertiary/aromatic N) is 2. The standard InChI is InChI=1S/C19H13F7N2OS/c20-15-3-1-2-11(6-15)10-30-17-27-4-5-28(17)16(29)12-7-13(18(21,22)23)9-14(8-12)19(24,25)26/h1-3,6-9H,4-5,10H2. The largest absolute Gasteiger partial charge is 0.416 e. The second kappa shape index (κ2) is 8.29. The Labute approximate surface area is 170 Å². The van der Waals surface area contributed by atoms with Crippen LogP contribution in [0.2, 0.25) is 0 Å². The number of carbonyl (C=O) groups is 1. The van der Waals surface area contributed by atoms with E-state index in [1.807, 2.05) is 0 Å². The van der Waals surface area contributed by atoms with Gasteiger partial charge in [-0.3, -0.25) is 14.7 Å². The van der Waals surface area contributed by atoms with Gasteiger partial charge in [0.1, 0.15) is 5.82 Å². The Morgan fingerprint density at radius 3 is 2.20 bits per heavy atom. The molecule has 11 heteroatoms. The second-order valence-electron chi connectivity index (χ2n) is 6.33. The lowest BCUT2D eigenvalue weighted by Crippen LogP contribution is -2.33. The SMILES string of the molecule is O=C(c1cc(C(F)(F)F)cc(C(F)(F)F)c1)N1CCN=C1SCc1cccc(F)c1. The molecule has 160 valence electrons. The zero-order valence-electron chi connectivity index (χ0n) is 15.0. The van der Waals surface area contributed by atoms with Crippen LogP contribution in [0.4, 0.5) is 30.7 Å². The molecule has 0 aliphatic carbocycles.